The third-order valence-electron chi connectivity index (χ3n) is 4.63. The molecule has 0 aliphatic rings. The van der Waals surface area contributed by atoms with Crippen molar-refractivity contribution in [3.63, 3.8) is 0 Å². The van der Waals surface area contributed by atoms with Gasteiger partial charge in [0.2, 0.25) is 5.91 Å². The molecule has 3 N–H and O–H groups in total. The number of carbonyl (C=O) groups is 1. The van der Waals surface area contributed by atoms with Crippen LogP contribution < -0.4 is 16.0 Å². The summed E-state index contributed by atoms with van der Waals surface area (Å²) in [6.45, 7) is 3.66. The van der Waals surface area contributed by atoms with Crippen LogP contribution in [-0.4, -0.2) is 16.3 Å². The number of aryl methyl sites for hydroxylation is 1. The van der Waals surface area contributed by atoms with Gasteiger partial charge in [0.15, 0.2) is 5.11 Å². The summed E-state index contributed by atoms with van der Waals surface area (Å²) in [6.07, 6.45) is -4.53. The molecule has 0 radical (unpaired) electrons. The second-order valence-corrected chi connectivity index (χ2v) is 9.64. The van der Waals surface area contributed by atoms with E-state index in [4.69, 9.17) is 23.8 Å². The number of thiocarbonyl (C=S) groups is 1. The number of halogens is 4. The van der Waals surface area contributed by atoms with Gasteiger partial charge in [0, 0.05) is 16.3 Å². The summed E-state index contributed by atoms with van der Waals surface area (Å²) < 4.78 is 38.9. The molecule has 10 heteroatoms. The molecular formula is C24H21ClF3N3OS2. The summed E-state index contributed by atoms with van der Waals surface area (Å²) in [5, 5.41) is 8.52. The molecule has 0 aliphatic carbocycles. The highest BCUT2D eigenvalue weighted by atomic mass is 35.5. The van der Waals surface area contributed by atoms with E-state index in [-0.39, 0.29) is 10.7 Å². The first kappa shape index (κ1) is 25.9. The van der Waals surface area contributed by atoms with Gasteiger partial charge in [0.25, 0.3) is 0 Å². The molecule has 0 aliphatic heterocycles. The highest BCUT2D eigenvalue weighted by Gasteiger charge is 2.31. The Kier molecular flexibility index (Phi) is 8.46. The van der Waals surface area contributed by atoms with Crippen molar-refractivity contribution in [2.45, 2.75) is 30.2 Å². The molecule has 3 aromatic carbocycles. The molecule has 4 nitrogen and oxygen atoms in total. The van der Waals surface area contributed by atoms with Crippen molar-refractivity contribution in [2.24, 2.45) is 0 Å². The molecule has 0 heterocycles. The molecular weight excluding hydrogens is 503 g/mol. The van der Waals surface area contributed by atoms with Crippen molar-refractivity contribution >= 4 is 63.7 Å². The molecule has 0 fully saturated rings. The highest BCUT2D eigenvalue weighted by molar-refractivity contribution is 8.00. The van der Waals surface area contributed by atoms with Crippen LogP contribution in [-0.2, 0) is 11.0 Å². The van der Waals surface area contributed by atoms with Crippen molar-refractivity contribution in [3.05, 3.63) is 82.9 Å². The molecule has 3 aromatic rings. The van der Waals surface area contributed by atoms with E-state index < -0.39 is 22.9 Å². The second kappa shape index (κ2) is 11.1. The molecule has 1 amide bonds. The van der Waals surface area contributed by atoms with Gasteiger partial charge in [0.05, 0.1) is 21.5 Å². The summed E-state index contributed by atoms with van der Waals surface area (Å²) in [5.74, 6) is -0.471. The lowest BCUT2D eigenvalue weighted by molar-refractivity contribution is -0.137. The van der Waals surface area contributed by atoms with E-state index in [2.05, 4.69) is 16.0 Å². The molecule has 0 bridgehead atoms. The van der Waals surface area contributed by atoms with Gasteiger partial charge in [-0.2, -0.15) is 13.2 Å². The zero-order valence-electron chi connectivity index (χ0n) is 18.2. The lowest BCUT2D eigenvalue weighted by atomic mass is 10.2. The number of anilines is 3. The third-order valence-corrected chi connectivity index (χ3v) is 6.26. The van der Waals surface area contributed by atoms with Gasteiger partial charge in [-0.05, 0) is 74.6 Å². The predicted molar refractivity (Wildman–Crippen MR) is 138 cm³/mol. The quantitative estimate of drug-likeness (QED) is 0.229. The number of nitrogens with one attached hydrogen (secondary N) is 3. The van der Waals surface area contributed by atoms with Gasteiger partial charge in [0.1, 0.15) is 0 Å². The Morgan fingerprint density at radius 1 is 0.971 bits per heavy atom. The summed E-state index contributed by atoms with van der Waals surface area (Å²) in [6, 6.07) is 17.9. The van der Waals surface area contributed by atoms with Crippen molar-refractivity contribution in [1.82, 2.24) is 0 Å². The highest BCUT2D eigenvalue weighted by Crippen LogP contribution is 2.34. The Labute approximate surface area is 210 Å². The zero-order chi connectivity index (χ0) is 24.9. The minimum absolute atomic E-state index is 0.0272. The fourth-order valence-electron chi connectivity index (χ4n) is 2.87. The van der Waals surface area contributed by atoms with E-state index >= 15 is 0 Å². The number of carbonyl (C=O) groups excluding carboxylic acids is 1. The molecule has 0 saturated heterocycles. The van der Waals surface area contributed by atoms with Crippen LogP contribution in [0.5, 0.6) is 0 Å². The Hall–Kier alpha value is -2.75. The normalized spacial score (nSPS) is 12.1. The summed E-state index contributed by atoms with van der Waals surface area (Å²) in [5.41, 5.74) is 1.75. The van der Waals surface area contributed by atoms with E-state index in [1.165, 1.54) is 11.8 Å². The topological polar surface area (TPSA) is 53.2 Å². The molecule has 0 spiro atoms. The molecule has 1 unspecified atom stereocenters. The maximum absolute atomic E-state index is 13.0. The fourth-order valence-corrected chi connectivity index (χ4v) is 4.19. The van der Waals surface area contributed by atoms with E-state index in [1.54, 1.807) is 6.92 Å². The average Bonchev–Trinajstić information content (AvgIpc) is 2.76. The maximum Gasteiger partial charge on any atom is 0.416 e. The molecule has 3 rings (SSSR count). The minimum Gasteiger partial charge on any atom is -0.332 e. The Balaban J connectivity index is 1.61. The van der Waals surface area contributed by atoms with Gasteiger partial charge in [-0.15, -0.1) is 11.8 Å². The molecule has 0 aromatic heterocycles. The zero-order valence-corrected chi connectivity index (χ0v) is 20.6. The third kappa shape index (κ3) is 7.38. The Morgan fingerprint density at radius 2 is 1.65 bits per heavy atom. The van der Waals surface area contributed by atoms with E-state index in [0.29, 0.717) is 5.11 Å². The molecule has 178 valence electrons. The SMILES string of the molecule is Cc1ccc(NC(=S)Nc2cccc(SC(C)C(=O)Nc3cc(C(F)(F)F)ccc3Cl)c2)cc1. The van der Waals surface area contributed by atoms with Crippen molar-refractivity contribution in [2.75, 3.05) is 16.0 Å². The van der Waals surface area contributed by atoms with Crippen molar-refractivity contribution in [1.29, 1.82) is 0 Å². The van der Waals surface area contributed by atoms with Crippen LogP contribution in [0.4, 0.5) is 30.2 Å². The predicted octanol–water partition coefficient (Wildman–Crippen LogP) is 7.60. The van der Waals surface area contributed by atoms with Crippen LogP contribution in [0.25, 0.3) is 0 Å². The van der Waals surface area contributed by atoms with Crippen LogP contribution in [0.15, 0.2) is 71.6 Å². The summed E-state index contributed by atoms with van der Waals surface area (Å²) in [4.78, 5) is 13.4. The van der Waals surface area contributed by atoms with Gasteiger partial charge < -0.3 is 16.0 Å². The Bertz CT molecular complexity index is 1190. The summed E-state index contributed by atoms with van der Waals surface area (Å²) >= 11 is 12.6. The second-order valence-electron chi connectivity index (χ2n) is 7.41. The van der Waals surface area contributed by atoms with Gasteiger partial charge >= 0.3 is 6.18 Å². The molecule has 0 saturated carbocycles. The van der Waals surface area contributed by atoms with Crippen molar-refractivity contribution in [3.8, 4) is 0 Å². The van der Waals surface area contributed by atoms with E-state index in [0.717, 1.165) is 40.0 Å². The number of hydrogen-bond acceptors (Lipinski definition) is 3. The first-order valence-electron chi connectivity index (χ1n) is 10.1. The monoisotopic (exact) mass is 523 g/mol. The fraction of sp³-hybridized carbons (Fsp3) is 0.167. The molecule has 1 atom stereocenters. The molecule has 34 heavy (non-hydrogen) atoms. The number of amides is 1. The maximum atomic E-state index is 13.0. The van der Waals surface area contributed by atoms with Crippen LogP contribution in [0.1, 0.15) is 18.1 Å². The lowest BCUT2D eigenvalue weighted by Gasteiger charge is -2.15. The Morgan fingerprint density at radius 3 is 2.32 bits per heavy atom. The standard InChI is InChI=1S/C24H21ClF3N3OS2/c1-14-6-9-17(10-7-14)29-23(33)30-18-4-3-5-19(13-18)34-15(2)22(32)31-21-12-16(24(26,27)28)8-11-20(21)25/h3-13,15H,1-2H3,(H,31,32)(H2,29,30,33). The van der Waals surface area contributed by atoms with E-state index in [1.807, 2.05) is 55.5 Å². The van der Waals surface area contributed by atoms with Crippen LogP contribution >= 0.6 is 35.6 Å². The number of hydrogen-bond donors (Lipinski definition) is 3. The van der Waals surface area contributed by atoms with Crippen LogP contribution in [0, 0.1) is 6.92 Å². The number of benzene rings is 3. The van der Waals surface area contributed by atoms with Crippen LogP contribution in [0.2, 0.25) is 5.02 Å². The van der Waals surface area contributed by atoms with Gasteiger partial charge in [-0.25, -0.2) is 0 Å². The van der Waals surface area contributed by atoms with E-state index in [9.17, 15) is 18.0 Å². The smallest absolute Gasteiger partial charge is 0.332 e. The first-order valence-corrected chi connectivity index (χ1v) is 11.8. The first-order chi connectivity index (χ1) is 16.0. The number of thioether (sulfide) groups is 1. The minimum atomic E-state index is -4.53. The van der Waals surface area contributed by atoms with Crippen LogP contribution in [0.3, 0.4) is 0 Å². The number of rotatable bonds is 6. The lowest BCUT2D eigenvalue weighted by Crippen LogP contribution is -2.23. The average molecular weight is 524 g/mol. The summed E-state index contributed by atoms with van der Waals surface area (Å²) in [7, 11) is 0. The van der Waals surface area contributed by atoms with Crippen molar-refractivity contribution < 1.29 is 18.0 Å². The van der Waals surface area contributed by atoms with Gasteiger partial charge in [-0.3, -0.25) is 4.79 Å². The van der Waals surface area contributed by atoms with Gasteiger partial charge in [-0.1, -0.05) is 35.4 Å². The number of alkyl halides is 3. The largest absolute Gasteiger partial charge is 0.416 e.